The van der Waals surface area contributed by atoms with Crippen LogP contribution < -0.4 is 5.73 Å². The van der Waals surface area contributed by atoms with Crippen LogP contribution in [0.5, 0.6) is 0 Å². The fraction of sp³-hybridized carbons (Fsp3) is 0.455. The average molecular weight is 367 g/mol. The summed E-state index contributed by atoms with van der Waals surface area (Å²) in [6.45, 7) is 5.99. The predicted octanol–water partition coefficient (Wildman–Crippen LogP) is 2.64. The number of aromatic nitrogens is 1. The van der Waals surface area contributed by atoms with Gasteiger partial charge in [-0.15, -0.1) is 0 Å². The molecule has 1 fully saturated rings. The summed E-state index contributed by atoms with van der Waals surface area (Å²) in [7, 11) is 0. The SMILES string of the molecule is CCN1CCC(N(CCc2ccccn2)C(=O)[C@@H](N)c2ccccc2)CC1. The van der Waals surface area contributed by atoms with Crippen LogP contribution in [0.1, 0.15) is 37.1 Å². The van der Waals surface area contributed by atoms with E-state index in [0.29, 0.717) is 6.54 Å². The first-order valence-corrected chi connectivity index (χ1v) is 9.92. The number of hydrogen-bond acceptors (Lipinski definition) is 4. The highest BCUT2D eigenvalue weighted by Crippen LogP contribution is 2.21. The van der Waals surface area contributed by atoms with E-state index in [1.807, 2.05) is 53.4 Å². The molecule has 5 nitrogen and oxygen atoms in total. The van der Waals surface area contributed by atoms with Gasteiger partial charge in [0.05, 0.1) is 0 Å². The highest BCUT2D eigenvalue weighted by molar-refractivity contribution is 5.83. The monoisotopic (exact) mass is 366 g/mol. The summed E-state index contributed by atoms with van der Waals surface area (Å²) in [5.74, 6) is 0.0204. The van der Waals surface area contributed by atoms with Crippen LogP contribution in [-0.2, 0) is 11.2 Å². The number of carbonyl (C=O) groups excluding carboxylic acids is 1. The first-order valence-electron chi connectivity index (χ1n) is 9.92. The number of rotatable bonds is 7. The molecule has 0 aliphatic carbocycles. The van der Waals surface area contributed by atoms with Crippen LogP contribution in [0.2, 0.25) is 0 Å². The molecular weight excluding hydrogens is 336 g/mol. The Labute approximate surface area is 162 Å². The Bertz CT molecular complexity index is 699. The van der Waals surface area contributed by atoms with Crippen LogP contribution in [-0.4, -0.2) is 52.9 Å². The Kier molecular flexibility index (Phi) is 6.96. The molecule has 1 aromatic heterocycles. The fourth-order valence-electron chi connectivity index (χ4n) is 3.78. The first-order chi connectivity index (χ1) is 13.2. The predicted molar refractivity (Wildman–Crippen MR) is 108 cm³/mol. The van der Waals surface area contributed by atoms with Crippen LogP contribution >= 0.6 is 0 Å². The molecule has 0 radical (unpaired) electrons. The van der Waals surface area contributed by atoms with Crippen LogP contribution in [0.3, 0.4) is 0 Å². The van der Waals surface area contributed by atoms with Gasteiger partial charge in [-0.2, -0.15) is 0 Å². The first kappa shape index (κ1) is 19.5. The minimum absolute atomic E-state index is 0.0204. The highest BCUT2D eigenvalue weighted by Gasteiger charge is 2.30. The molecule has 27 heavy (non-hydrogen) atoms. The van der Waals surface area contributed by atoms with Gasteiger partial charge in [0.25, 0.3) is 0 Å². The van der Waals surface area contributed by atoms with E-state index in [1.165, 1.54) is 0 Å². The average Bonchev–Trinajstić information content (AvgIpc) is 2.75. The summed E-state index contributed by atoms with van der Waals surface area (Å²) in [5, 5.41) is 0. The lowest BCUT2D eigenvalue weighted by Crippen LogP contribution is -2.50. The molecular formula is C22H30N4O. The lowest BCUT2D eigenvalue weighted by molar-refractivity contribution is -0.136. The van der Waals surface area contributed by atoms with Crippen molar-refractivity contribution < 1.29 is 4.79 Å². The maximum Gasteiger partial charge on any atom is 0.244 e. The number of likely N-dealkylation sites (tertiary alicyclic amines) is 1. The van der Waals surface area contributed by atoms with Gasteiger partial charge >= 0.3 is 0 Å². The Hall–Kier alpha value is -2.24. The van der Waals surface area contributed by atoms with Gasteiger partial charge in [0.2, 0.25) is 5.91 Å². The van der Waals surface area contributed by atoms with Gasteiger partial charge in [0.15, 0.2) is 0 Å². The van der Waals surface area contributed by atoms with E-state index in [2.05, 4.69) is 16.8 Å². The molecule has 2 aromatic rings. The number of piperidine rings is 1. The molecule has 0 unspecified atom stereocenters. The molecule has 0 bridgehead atoms. The Morgan fingerprint density at radius 3 is 2.52 bits per heavy atom. The van der Waals surface area contributed by atoms with E-state index >= 15 is 0 Å². The van der Waals surface area contributed by atoms with E-state index in [4.69, 9.17) is 5.73 Å². The largest absolute Gasteiger partial charge is 0.338 e. The normalized spacial score (nSPS) is 16.8. The summed E-state index contributed by atoms with van der Waals surface area (Å²) < 4.78 is 0. The standard InChI is InChI=1S/C22H30N4O/c1-2-25-15-12-20(13-16-25)26(17-11-19-10-6-7-14-24-19)22(27)21(23)18-8-4-3-5-9-18/h3-10,14,20-21H,2,11-13,15-17,23H2,1H3/t21-/m0/s1. The van der Waals surface area contributed by atoms with Crippen molar-refractivity contribution >= 4 is 5.91 Å². The van der Waals surface area contributed by atoms with Crippen LogP contribution in [0.15, 0.2) is 54.7 Å². The van der Waals surface area contributed by atoms with Crippen LogP contribution in [0.4, 0.5) is 0 Å². The van der Waals surface area contributed by atoms with Gasteiger partial charge in [-0.3, -0.25) is 9.78 Å². The van der Waals surface area contributed by atoms with Crippen molar-refractivity contribution in [2.24, 2.45) is 5.73 Å². The molecule has 1 atom stereocenters. The summed E-state index contributed by atoms with van der Waals surface area (Å²) in [5.41, 5.74) is 8.23. The van der Waals surface area contributed by atoms with Gasteiger partial charge in [-0.1, -0.05) is 43.3 Å². The lowest BCUT2D eigenvalue weighted by atomic mass is 9.99. The van der Waals surface area contributed by atoms with Crippen LogP contribution in [0, 0.1) is 0 Å². The zero-order valence-electron chi connectivity index (χ0n) is 16.1. The second kappa shape index (κ2) is 9.62. The van der Waals surface area contributed by atoms with Crippen LogP contribution in [0.25, 0.3) is 0 Å². The van der Waals surface area contributed by atoms with E-state index in [0.717, 1.165) is 50.2 Å². The van der Waals surface area contributed by atoms with Crippen molar-refractivity contribution in [1.82, 2.24) is 14.8 Å². The minimum Gasteiger partial charge on any atom is -0.338 e. The van der Waals surface area contributed by atoms with Crippen molar-refractivity contribution in [3.05, 3.63) is 66.0 Å². The molecule has 2 heterocycles. The number of nitrogens with zero attached hydrogens (tertiary/aromatic N) is 3. The molecule has 1 aliphatic rings. The van der Waals surface area contributed by atoms with Gasteiger partial charge in [-0.05, 0) is 37.1 Å². The second-order valence-corrected chi connectivity index (χ2v) is 7.16. The summed E-state index contributed by atoms with van der Waals surface area (Å²) in [6, 6.07) is 15.2. The third-order valence-electron chi connectivity index (χ3n) is 5.49. The zero-order chi connectivity index (χ0) is 19.1. The van der Waals surface area contributed by atoms with Crippen molar-refractivity contribution in [3.63, 3.8) is 0 Å². The summed E-state index contributed by atoms with van der Waals surface area (Å²) >= 11 is 0. The van der Waals surface area contributed by atoms with Gasteiger partial charge in [0, 0.05) is 44.0 Å². The van der Waals surface area contributed by atoms with Crippen molar-refractivity contribution in [1.29, 1.82) is 0 Å². The topological polar surface area (TPSA) is 62.5 Å². The molecule has 2 N–H and O–H groups in total. The fourth-order valence-corrected chi connectivity index (χ4v) is 3.78. The maximum atomic E-state index is 13.3. The van der Waals surface area contributed by atoms with E-state index in [-0.39, 0.29) is 11.9 Å². The number of hydrogen-bond donors (Lipinski definition) is 1. The zero-order valence-corrected chi connectivity index (χ0v) is 16.1. The second-order valence-electron chi connectivity index (χ2n) is 7.16. The Balaban J connectivity index is 1.73. The molecule has 3 rings (SSSR count). The third-order valence-corrected chi connectivity index (χ3v) is 5.49. The van der Waals surface area contributed by atoms with Gasteiger partial charge in [0.1, 0.15) is 6.04 Å². The molecule has 1 aliphatic heterocycles. The molecule has 1 amide bonds. The van der Waals surface area contributed by atoms with Gasteiger partial charge in [-0.25, -0.2) is 0 Å². The minimum atomic E-state index is -0.612. The quantitative estimate of drug-likeness (QED) is 0.818. The summed E-state index contributed by atoms with van der Waals surface area (Å²) in [6.07, 6.45) is 4.56. The molecule has 1 saturated heterocycles. The Morgan fingerprint density at radius 2 is 1.89 bits per heavy atom. The lowest BCUT2D eigenvalue weighted by Gasteiger charge is -2.39. The number of amides is 1. The van der Waals surface area contributed by atoms with Crippen molar-refractivity contribution in [2.45, 2.75) is 38.3 Å². The maximum absolute atomic E-state index is 13.3. The smallest absolute Gasteiger partial charge is 0.244 e. The molecule has 0 spiro atoms. The van der Waals surface area contributed by atoms with E-state index < -0.39 is 6.04 Å². The molecule has 5 heteroatoms. The van der Waals surface area contributed by atoms with Crippen molar-refractivity contribution in [3.8, 4) is 0 Å². The number of nitrogens with two attached hydrogens (primary N) is 1. The number of pyridine rings is 1. The van der Waals surface area contributed by atoms with Crippen molar-refractivity contribution in [2.75, 3.05) is 26.2 Å². The van der Waals surface area contributed by atoms with E-state index in [9.17, 15) is 4.79 Å². The molecule has 0 saturated carbocycles. The third kappa shape index (κ3) is 5.15. The number of benzene rings is 1. The summed E-state index contributed by atoms with van der Waals surface area (Å²) in [4.78, 5) is 22.1. The number of carbonyl (C=O) groups is 1. The highest BCUT2D eigenvalue weighted by atomic mass is 16.2. The molecule has 1 aromatic carbocycles. The van der Waals surface area contributed by atoms with Gasteiger partial charge < -0.3 is 15.5 Å². The molecule has 144 valence electrons. The van der Waals surface area contributed by atoms with E-state index in [1.54, 1.807) is 6.20 Å². The Morgan fingerprint density at radius 1 is 1.19 bits per heavy atom.